The first-order valence-electron chi connectivity index (χ1n) is 18.4. The van der Waals surface area contributed by atoms with Gasteiger partial charge in [-0.05, 0) is 60.7 Å². The summed E-state index contributed by atoms with van der Waals surface area (Å²) in [5.74, 6) is 0.539. The summed E-state index contributed by atoms with van der Waals surface area (Å²) in [5, 5.41) is 6.27. The zero-order valence-electron chi connectivity index (χ0n) is 29.3. The predicted octanol–water partition coefficient (Wildman–Crippen LogP) is 13.9. The molecule has 0 spiro atoms. The van der Waals surface area contributed by atoms with Gasteiger partial charge in [-0.1, -0.05) is 109 Å². The Balaban J connectivity index is 1.31. The molecule has 12 aromatic rings. The van der Waals surface area contributed by atoms with Crippen LogP contribution in [-0.4, -0.2) is 9.55 Å². The van der Waals surface area contributed by atoms with Crippen molar-refractivity contribution in [3.63, 3.8) is 0 Å². The van der Waals surface area contributed by atoms with Crippen LogP contribution in [0.15, 0.2) is 189 Å². The molecule has 0 saturated carbocycles. The van der Waals surface area contributed by atoms with Gasteiger partial charge in [0.05, 0.1) is 38.9 Å². The predicted molar refractivity (Wildman–Crippen MR) is 223 cm³/mol. The minimum atomic E-state index is 0.539. The van der Waals surface area contributed by atoms with E-state index in [0.717, 1.165) is 88.5 Å². The van der Waals surface area contributed by atoms with E-state index in [1.165, 1.54) is 5.39 Å². The summed E-state index contributed by atoms with van der Waals surface area (Å²) in [5.41, 5.74) is 11.4. The van der Waals surface area contributed by atoms with Crippen molar-refractivity contribution in [1.29, 1.82) is 0 Å². The van der Waals surface area contributed by atoms with E-state index < -0.39 is 0 Å². The molecule has 0 N–H and O–H groups in total. The van der Waals surface area contributed by atoms with Gasteiger partial charge in [-0.2, -0.15) is 0 Å². The third-order valence-electron chi connectivity index (χ3n) is 10.8. The number of oxazole rings is 1. The molecule has 4 aromatic heterocycles. The quantitative estimate of drug-likeness (QED) is 0.178. The van der Waals surface area contributed by atoms with Crippen molar-refractivity contribution in [1.82, 2.24) is 9.55 Å². The average Bonchev–Trinajstić information content (AvgIpc) is 4.02. The van der Waals surface area contributed by atoms with Crippen LogP contribution in [0.4, 0.5) is 17.1 Å². The maximum atomic E-state index is 6.67. The molecular weight excluding hydrogens is 679 g/mol. The number of hydrogen-bond acceptors (Lipinski definition) is 5. The van der Waals surface area contributed by atoms with Crippen molar-refractivity contribution in [2.75, 3.05) is 4.90 Å². The molecular formula is C49H29N3O3. The molecule has 0 saturated heterocycles. The molecule has 0 aliphatic heterocycles. The molecule has 0 unspecified atom stereocenters. The molecule has 6 nitrogen and oxygen atoms in total. The molecule has 0 aliphatic rings. The second-order valence-corrected chi connectivity index (χ2v) is 13.9. The number of rotatable bonds is 5. The normalized spacial score (nSPS) is 12.0. The summed E-state index contributed by atoms with van der Waals surface area (Å²) in [4.78, 5) is 7.71. The fraction of sp³-hybridized carbons (Fsp3) is 0. The zero-order valence-corrected chi connectivity index (χ0v) is 29.3. The molecule has 8 aromatic carbocycles. The van der Waals surface area contributed by atoms with Crippen LogP contribution >= 0.6 is 0 Å². The first kappa shape index (κ1) is 29.9. The van der Waals surface area contributed by atoms with E-state index in [0.29, 0.717) is 17.1 Å². The van der Waals surface area contributed by atoms with Crippen LogP contribution in [0.1, 0.15) is 0 Å². The Morgan fingerprint density at radius 1 is 0.436 bits per heavy atom. The SMILES string of the molecule is c1ccc(-c2nc3c(N(c4cccc5oc6ccccc6c45)c4cccc5c6ccccc6n(-c6ccccc6)c45)c4c(cc3o2)oc2ccccc24)cc1. The van der Waals surface area contributed by atoms with Crippen molar-refractivity contribution < 1.29 is 13.3 Å². The third-order valence-corrected chi connectivity index (χ3v) is 10.8. The Morgan fingerprint density at radius 2 is 1.04 bits per heavy atom. The molecule has 0 fully saturated rings. The number of benzene rings is 8. The topological polar surface area (TPSA) is 60.5 Å². The summed E-state index contributed by atoms with van der Waals surface area (Å²) in [6.07, 6.45) is 0. The average molecular weight is 708 g/mol. The summed E-state index contributed by atoms with van der Waals surface area (Å²) < 4.78 is 22.3. The molecule has 0 bridgehead atoms. The van der Waals surface area contributed by atoms with E-state index in [2.05, 4.69) is 119 Å². The monoisotopic (exact) mass is 707 g/mol. The minimum Gasteiger partial charge on any atom is -0.456 e. The fourth-order valence-electron chi connectivity index (χ4n) is 8.51. The number of nitrogens with zero attached hydrogens (tertiary/aromatic N) is 3. The van der Waals surface area contributed by atoms with Crippen LogP contribution in [0.5, 0.6) is 0 Å². The summed E-state index contributed by atoms with van der Waals surface area (Å²) >= 11 is 0. The molecule has 258 valence electrons. The number of fused-ring (bicyclic) bond motifs is 10. The lowest BCUT2D eigenvalue weighted by atomic mass is 10.0. The molecule has 12 rings (SSSR count). The first-order chi connectivity index (χ1) is 27.3. The molecule has 0 aliphatic carbocycles. The van der Waals surface area contributed by atoms with E-state index >= 15 is 0 Å². The van der Waals surface area contributed by atoms with Crippen LogP contribution in [-0.2, 0) is 0 Å². The van der Waals surface area contributed by atoms with Crippen LogP contribution in [0.25, 0.3) is 93.9 Å². The standard InChI is InChI=1S/C49H29N3O3/c1-3-15-30(16-4-1)49-50-46-43(55-49)29-42-45(35-21-9-12-27-40(35)54-42)48(46)52(37-24-14-28-41-44(37)34-20-8-11-26-39(34)53-41)38-25-13-22-33-32-19-7-10-23-36(32)51(47(33)38)31-17-5-2-6-18-31/h1-29H. The lowest BCUT2D eigenvalue weighted by Crippen LogP contribution is -2.13. The van der Waals surface area contributed by atoms with E-state index in [1.54, 1.807) is 0 Å². The molecule has 55 heavy (non-hydrogen) atoms. The van der Waals surface area contributed by atoms with Gasteiger partial charge in [0, 0.05) is 38.9 Å². The summed E-state index contributed by atoms with van der Waals surface area (Å²) in [6.45, 7) is 0. The first-order valence-corrected chi connectivity index (χ1v) is 18.4. The van der Waals surface area contributed by atoms with Gasteiger partial charge < -0.3 is 22.7 Å². The van der Waals surface area contributed by atoms with E-state index in [4.69, 9.17) is 18.2 Å². The number of para-hydroxylation sites is 5. The number of aromatic nitrogens is 2. The Bertz CT molecular complexity index is 3440. The lowest BCUT2D eigenvalue weighted by molar-refractivity contribution is 0.617. The summed E-state index contributed by atoms with van der Waals surface area (Å²) in [7, 11) is 0. The fourth-order valence-corrected chi connectivity index (χ4v) is 8.51. The molecule has 4 heterocycles. The van der Waals surface area contributed by atoms with E-state index in [1.807, 2.05) is 66.7 Å². The Morgan fingerprint density at radius 3 is 1.84 bits per heavy atom. The Hall–Kier alpha value is -7.57. The van der Waals surface area contributed by atoms with Gasteiger partial charge in [-0.3, -0.25) is 0 Å². The second-order valence-electron chi connectivity index (χ2n) is 13.9. The number of anilines is 3. The van der Waals surface area contributed by atoms with Crippen molar-refractivity contribution in [2.24, 2.45) is 0 Å². The highest BCUT2D eigenvalue weighted by Crippen LogP contribution is 2.52. The number of hydrogen-bond donors (Lipinski definition) is 0. The zero-order chi connectivity index (χ0) is 36.0. The van der Waals surface area contributed by atoms with E-state index in [-0.39, 0.29) is 0 Å². The second kappa shape index (κ2) is 11.5. The molecule has 0 atom stereocenters. The number of furan rings is 2. The molecule has 0 amide bonds. The van der Waals surface area contributed by atoms with E-state index in [9.17, 15) is 0 Å². The van der Waals surface area contributed by atoms with Gasteiger partial charge in [-0.15, -0.1) is 0 Å². The Labute approximate surface area is 313 Å². The van der Waals surface area contributed by atoms with Crippen LogP contribution in [0, 0.1) is 0 Å². The highest BCUT2D eigenvalue weighted by molar-refractivity contribution is 6.25. The van der Waals surface area contributed by atoms with Crippen molar-refractivity contribution in [3.05, 3.63) is 176 Å². The van der Waals surface area contributed by atoms with Crippen molar-refractivity contribution >= 4 is 93.8 Å². The lowest BCUT2D eigenvalue weighted by Gasteiger charge is -2.28. The molecule has 0 radical (unpaired) electrons. The molecule has 6 heteroatoms. The largest absolute Gasteiger partial charge is 0.456 e. The van der Waals surface area contributed by atoms with Crippen LogP contribution in [0.3, 0.4) is 0 Å². The van der Waals surface area contributed by atoms with Crippen LogP contribution < -0.4 is 4.90 Å². The van der Waals surface area contributed by atoms with Gasteiger partial charge >= 0.3 is 0 Å². The van der Waals surface area contributed by atoms with Gasteiger partial charge in [-0.25, -0.2) is 4.98 Å². The Kier molecular flexibility index (Phi) is 6.24. The van der Waals surface area contributed by atoms with Gasteiger partial charge in [0.15, 0.2) is 5.58 Å². The smallest absolute Gasteiger partial charge is 0.227 e. The maximum Gasteiger partial charge on any atom is 0.227 e. The maximum absolute atomic E-state index is 6.67. The highest BCUT2D eigenvalue weighted by Gasteiger charge is 2.30. The summed E-state index contributed by atoms with van der Waals surface area (Å²) in [6, 6.07) is 60.6. The highest BCUT2D eigenvalue weighted by atomic mass is 16.4. The van der Waals surface area contributed by atoms with Gasteiger partial charge in [0.1, 0.15) is 27.8 Å². The minimum absolute atomic E-state index is 0.539. The van der Waals surface area contributed by atoms with Gasteiger partial charge in [0.25, 0.3) is 0 Å². The van der Waals surface area contributed by atoms with Crippen molar-refractivity contribution in [2.45, 2.75) is 0 Å². The third kappa shape index (κ3) is 4.33. The van der Waals surface area contributed by atoms with Crippen molar-refractivity contribution in [3.8, 4) is 17.1 Å². The van der Waals surface area contributed by atoms with Crippen LogP contribution in [0.2, 0.25) is 0 Å². The van der Waals surface area contributed by atoms with Gasteiger partial charge in [0.2, 0.25) is 5.89 Å².